The minimum absolute atomic E-state index is 0.0145. The third kappa shape index (κ3) is 15.8. The first-order valence-corrected chi connectivity index (χ1v) is 16.5. The maximum atomic E-state index is 12.0. The largest absolute Gasteiger partial charge is 0.508 e. The van der Waals surface area contributed by atoms with Crippen molar-refractivity contribution in [3.05, 3.63) is 65.5 Å². The molecule has 0 unspecified atom stereocenters. The third-order valence-corrected chi connectivity index (χ3v) is 7.18. The molecule has 0 radical (unpaired) electrons. The molecule has 14 heteroatoms. The summed E-state index contributed by atoms with van der Waals surface area (Å²) in [6, 6.07) is 11.0. The molecule has 1 aliphatic heterocycles. The first-order valence-electron chi connectivity index (χ1n) is 16.5. The van der Waals surface area contributed by atoms with E-state index in [-0.39, 0.29) is 35.7 Å². The molecule has 14 nitrogen and oxygen atoms in total. The number of nitrogens with zero attached hydrogens (tertiary/aromatic N) is 3. The van der Waals surface area contributed by atoms with Gasteiger partial charge in [0.1, 0.15) is 29.0 Å². The summed E-state index contributed by atoms with van der Waals surface area (Å²) in [5.41, 5.74) is 2.15. The summed E-state index contributed by atoms with van der Waals surface area (Å²) in [7, 11) is 1.61. The summed E-state index contributed by atoms with van der Waals surface area (Å²) in [4.78, 5) is 23.0. The van der Waals surface area contributed by atoms with E-state index in [4.69, 9.17) is 28.4 Å². The van der Waals surface area contributed by atoms with Crippen molar-refractivity contribution in [1.29, 1.82) is 0 Å². The molecule has 1 amide bonds. The minimum Gasteiger partial charge on any atom is -0.508 e. The number of hydrogen-bond acceptors (Lipinski definition) is 12. The first-order chi connectivity index (χ1) is 23.7. The number of hydrogen-bond donors (Lipinski definition) is 3. The lowest BCUT2D eigenvalue weighted by Crippen LogP contribution is -2.20. The van der Waals surface area contributed by atoms with E-state index in [9.17, 15) is 19.8 Å². The molecule has 270 valence electrons. The van der Waals surface area contributed by atoms with Crippen LogP contribution in [0.2, 0.25) is 0 Å². The van der Waals surface area contributed by atoms with Crippen LogP contribution < -0.4 is 10.1 Å². The van der Waals surface area contributed by atoms with Crippen molar-refractivity contribution < 1.29 is 48.2 Å². The molecule has 3 N–H and O–H groups in total. The third-order valence-electron chi connectivity index (χ3n) is 7.18. The Morgan fingerprint density at radius 2 is 1.49 bits per heavy atom. The molecule has 49 heavy (non-hydrogen) atoms. The Kier molecular flexibility index (Phi) is 18.1. The number of aromatic hydroxyl groups is 2. The van der Waals surface area contributed by atoms with Gasteiger partial charge >= 0.3 is 0 Å². The number of aryl methyl sites for hydroxylation is 1. The lowest BCUT2D eigenvalue weighted by molar-refractivity contribution is -0.121. The number of fused-ring (bicyclic) bond motifs is 1. The fourth-order valence-electron chi connectivity index (χ4n) is 4.44. The second kappa shape index (κ2) is 22.5. The minimum atomic E-state index is -0.387. The highest BCUT2D eigenvalue weighted by atomic mass is 16.6. The number of ketones is 1. The molecule has 0 fully saturated rings. The predicted molar refractivity (Wildman–Crippen MR) is 180 cm³/mol. The van der Waals surface area contributed by atoms with Gasteiger partial charge in [-0.05, 0) is 42.2 Å². The van der Waals surface area contributed by atoms with Gasteiger partial charge in [0.25, 0.3) is 0 Å². The number of benzene rings is 2. The zero-order chi connectivity index (χ0) is 35.3. The van der Waals surface area contributed by atoms with E-state index in [1.807, 2.05) is 10.9 Å². The van der Waals surface area contributed by atoms with Gasteiger partial charge in [-0.15, -0.1) is 5.10 Å². The number of rotatable bonds is 21. The predicted octanol–water partition coefficient (Wildman–Crippen LogP) is 3.85. The molecule has 0 bridgehead atoms. The van der Waals surface area contributed by atoms with Crippen LogP contribution in [0.1, 0.15) is 60.8 Å². The number of ether oxygens (including phenoxy) is 6. The molecular formula is C35H50N4O10. The second-order valence-corrected chi connectivity index (χ2v) is 11.6. The zero-order valence-corrected chi connectivity index (χ0v) is 28.7. The highest BCUT2D eigenvalue weighted by Gasteiger charge is 2.27. The fourth-order valence-corrected chi connectivity index (χ4v) is 4.44. The molecule has 3 aromatic rings. The van der Waals surface area contributed by atoms with Gasteiger partial charge in [-0.25, -0.2) is 0 Å². The lowest BCUT2D eigenvalue weighted by atomic mass is 9.96. The fraction of sp³-hybridized carbons (Fsp3) is 0.543. The normalized spacial score (nSPS) is 13.8. The molecule has 1 aromatic heterocycles. The molecule has 0 saturated heterocycles. The van der Waals surface area contributed by atoms with Crippen LogP contribution in [-0.2, 0) is 41.6 Å². The summed E-state index contributed by atoms with van der Waals surface area (Å²) in [6.07, 6.45) is 3.24. The smallest absolute Gasteiger partial charge is 0.222 e. The molecule has 0 spiro atoms. The lowest BCUT2D eigenvalue weighted by Gasteiger charge is -2.25. The quantitative estimate of drug-likeness (QED) is 0.138. The number of Topliss-reactive ketones (excluding diaryl/α,β-unsaturated/α-hetero) is 1. The van der Waals surface area contributed by atoms with Crippen LogP contribution in [-0.4, -0.2) is 103 Å². The molecule has 1 aliphatic rings. The van der Waals surface area contributed by atoms with Crippen molar-refractivity contribution in [1.82, 2.24) is 20.3 Å². The van der Waals surface area contributed by atoms with E-state index in [0.29, 0.717) is 89.7 Å². The summed E-state index contributed by atoms with van der Waals surface area (Å²) in [5.74, 6) is 1.24. The Hall–Kier alpha value is -4.08. The van der Waals surface area contributed by atoms with E-state index >= 15 is 0 Å². The average Bonchev–Trinajstić information content (AvgIpc) is 3.55. The molecule has 2 heterocycles. The highest BCUT2D eigenvalue weighted by molar-refractivity contribution is 6.00. The number of carbonyl (C=O) groups is 2. The Bertz CT molecular complexity index is 1380. The van der Waals surface area contributed by atoms with Gasteiger partial charge in [-0.2, -0.15) is 0 Å². The van der Waals surface area contributed by atoms with E-state index in [0.717, 1.165) is 24.2 Å². The average molecular weight is 687 g/mol. The van der Waals surface area contributed by atoms with E-state index in [2.05, 4.69) is 29.5 Å². The number of carbonyl (C=O) groups excluding carboxylic acids is 2. The van der Waals surface area contributed by atoms with Crippen molar-refractivity contribution >= 4 is 11.7 Å². The van der Waals surface area contributed by atoms with Gasteiger partial charge in [0.05, 0.1) is 84.2 Å². The summed E-state index contributed by atoms with van der Waals surface area (Å²) < 4.78 is 34.7. The van der Waals surface area contributed by atoms with Crippen LogP contribution >= 0.6 is 0 Å². The summed E-state index contributed by atoms with van der Waals surface area (Å²) in [6.45, 7) is 10.1. The Labute approximate surface area is 287 Å². The van der Waals surface area contributed by atoms with Gasteiger partial charge in [0.15, 0.2) is 5.78 Å². The Morgan fingerprint density at radius 1 is 0.898 bits per heavy atom. The molecule has 1 atom stereocenters. The van der Waals surface area contributed by atoms with Crippen LogP contribution in [0.4, 0.5) is 0 Å². The van der Waals surface area contributed by atoms with Gasteiger partial charge in [-0.3, -0.25) is 14.3 Å². The highest BCUT2D eigenvalue weighted by Crippen LogP contribution is 2.37. The van der Waals surface area contributed by atoms with Gasteiger partial charge < -0.3 is 44.0 Å². The molecule has 4 rings (SSSR count). The topological polar surface area (TPSA) is 173 Å². The van der Waals surface area contributed by atoms with E-state index in [1.165, 1.54) is 12.1 Å². The van der Waals surface area contributed by atoms with Gasteiger partial charge in [0, 0.05) is 26.1 Å². The monoisotopic (exact) mass is 686 g/mol. The van der Waals surface area contributed by atoms with Crippen molar-refractivity contribution in [3.8, 4) is 17.2 Å². The number of phenolic OH excluding ortho intramolecular Hbond substituents is 2. The van der Waals surface area contributed by atoms with E-state index in [1.54, 1.807) is 37.4 Å². The summed E-state index contributed by atoms with van der Waals surface area (Å²) in [5, 5.41) is 29.4. The number of aromatic nitrogens is 3. The SMILES string of the molecule is CNC(=O)CCOCCOCCOCCOCCOCc1cn(CCC(C)C)nn1.O=C1C[C@@H](c2ccc(O)cc2)Oc2cc(O)ccc21. The molecule has 0 saturated carbocycles. The van der Waals surface area contributed by atoms with Gasteiger partial charge in [-0.1, -0.05) is 31.2 Å². The van der Waals surface area contributed by atoms with Crippen LogP contribution in [0, 0.1) is 5.92 Å². The van der Waals surface area contributed by atoms with Crippen LogP contribution in [0.25, 0.3) is 0 Å². The van der Waals surface area contributed by atoms with E-state index < -0.39 is 0 Å². The maximum absolute atomic E-state index is 12.0. The Balaban J connectivity index is 0.000000291. The number of nitrogens with one attached hydrogen (secondary N) is 1. The molecule has 0 aliphatic carbocycles. The van der Waals surface area contributed by atoms with Crippen molar-refractivity contribution in [3.63, 3.8) is 0 Å². The van der Waals surface area contributed by atoms with Crippen LogP contribution in [0.5, 0.6) is 17.2 Å². The number of amides is 1. The molecule has 2 aromatic carbocycles. The summed E-state index contributed by atoms with van der Waals surface area (Å²) >= 11 is 0. The number of phenols is 2. The Morgan fingerprint density at radius 3 is 2.10 bits per heavy atom. The second-order valence-electron chi connectivity index (χ2n) is 11.6. The zero-order valence-electron chi connectivity index (χ0n) is 28.7. The maximum Gasteiger partial charge on any atom is 0.222 e. The van der Waals surface area contributed by atoms with Crippen molar-refractivity contribution in [2.45, 2.75) is 52.4 Å². The van der Waals surface area contributed by atoms with Gasteiger partial charge in [0.2, 0.25) is 5.91 Å². The molecular weight excluding hydrogens is 636 g/mol. The first kappa shape index (κ1) is 39.4. The van der Waals surface area contributed by atoms with Crippen molar-refractivity contribution in [2.24, 2.45) is 5.92 Å². The van der Waals surface area contributed by atoms with Crippen LogP contribution in [0.15, 0.2) is 48.7 Å². The standard InChI is InChI=1S/C20H38N4O6.C15H12O4/c1-18(2)4-6-24-16-19(22-23-24)17-30-15-14-29-13-12-28-11-10-27-9-8-26-7-5-20(25)21-3;16-10-3-1-9(2-4-10)14-8-13(18)12-6-5-11(17)7-15(12)19-14/h16,18H,4-15,17H2,1-3H3,(H,21,25);1-7,14,16-17H,8H2/t;14-/m.0/s1. The van der Waals surface area contributed by atoms with Crippen LogP contribution in [0.3, 0.4) is 0 Å². The van der Waals surface area contributed by atoms with Crippen molar-refractivity contribution in [2.75, 3.05) is 66.5 Å².